The van der Waals surface area contributed by atoms with Crippen LogP contribution in [-0.2, 0) is 14.3 Å². The normalized spacial score (nSPS) is 23.6. The lowest BCUT2D eigenvalue weighted by Gasteiger charge is -2.51. The van der Waals surface area contributed by atoms with Crippen molar-refractivity contribution < 1.29 is 27.5 Å². The maximum atomic E-state index is 12.4. The molecular weight excluding hydrogens is 377 g/mol. The number of carbonyl (C=O) groups excluding carboxylic acids is 2. The number of carbonyl (C=O) groups is 2. The average molecular weight is 396 g/mol. The fourth-order valence-electron chi connectivity index (χ4n) is 3.81. The summed E-state index contributed by atoms with van der Waals surface area (Å²) in [6.45, 7) is 1.28. The number of amides is 1. The Morgan fingerprint density at radius 1 is 1.21 bits per heavy atom. The number of nitrogens with zero attached hydrogens (tertiary/aromatic N) is 3. The van der Waals surface area contributed by atoms with Crippen molar-refractivity contribution in [3.05, 3.63) is 29.8 Å². The van der Waals surface area contributed by atoms with Crippen molar-refractivity contribution in [3.8, 4) is 6.07 Å². The molecule has 3 rings (SSSR count). The molecule has 150 valence electrons. The van der Waals surface area contributed by atoms with Crippen molar-refractivity contribution in [1.29, 1.82) is 5.26 Å². The second-order valence-corrected chi connectivity index (χ2v) is 6.83. The third-order valence-electron chi connectivity index (χ3n) is 5.18. The van der Waals surface area contributed by atoms with E-state index in [0.717, 1.165) is 5.69 Å². The molecule has 0 saturated carbocycles. The summed E-state index contributed by atoms with van der Waals surface area (Å²) in [6, 6.07) is 8.26. The molecule has 2 saturated heterocycles. The zero-order valence-electron chi connectivity index (χ0n) is 14.9. The van der Waals surface area contributed by atoms with Crippen LogP contribution >= 0.6 is 0 Å². The first kappa shape index (κ1) is 19.9. The van der Waals surface area contributed by atoms with Crippen LogP contribution in [0.4, 0.5) is 18.9 Å². The fourth-order valence-corrected chi connectivity index (χ4v) is 3.81. The third kappa shape index (κ3) is 3.89. The van der Waals surface area contributed by atoms with E-state index in [4.69, 9.17) is 5.73 Å². The molecule has 1 amide bonds. The monoisotopic (exact) mass is 396 g/mol. The summed E-state index contributed by atoms with van der Waals surface area (Å²) in [4.78, 5) is 26.5. The maximum absolute atomic E-state index is 12.4. The molecule has 2 fully saturated rings. The van der Waals surface area contributed by atoms with Crippen molar-refractivity contribution in [1.82, 2.24) is 4.90 Å². The summed E-state index contributed by atoms with van der Waals surface area (Å²) in [5.74, 6) is -3.13. The number of halogens is 3. The number of para-hydroxylation sites is 1. The number of anilines is 1. The van der Waals surface area contributed by atoms with Crippen molar-refractivity contribution in [2.24, 2.45) is 5.73 Å². The molecule has 0 radical (unpaired) electrons. The van der Waals surface area contributed by atoms with Crippen LogP contribution < -0.4 is 10.6 Å². The Morgan fingerprint density at radius 2 is 1.86 bits per heavy atom. The number of piperidine rings is 1. The fraction of sp³-hybridized carbons (Fsp3) is 0.500. The third-order valence-corrected chi connectivity index (χ3v) is 5.18. The summed E-state index contributed by atoms with van der Waals surface area (Å²) in [6.07, 6.45) is -5.02. The molecule has 28 heavy (non-hydrogen) atoms. The van der Waals surface area contributed by atoms with Gasteiger partial charge in [-0.25, -0.2) is 4.79 Å². The maximum Gasteiger partial charge on any atom is 0.490 e. The van der Waals surface area contributed by atoms with Crippen LogP contribution in [0.3, 0.4) is 0 Å². The molecule has 2 atom stereocenters. The van der Waals surface area contributed by atoms with Crippen LogP contribution in [-0.4, -0.2) is 60.8 Å². The Morgan fingerprint density at radius 3 is 2.43 bits per heavy atom. The van der Waals surface area contributed by atoms with Gasteiger partial charge in [0.2, 0.25) is 5.91 Å². The SMILES string of the molecule is N#Cc1ccccc1N1CCC(N2CC(OC(=O)C(F)(F)F)C2C(N)=O)CC1. The lowest BCUT2D eigenvalue weighted by atomic mass is 9.91. The van der Waals surface area contributed by atoms with Gasteiger partial charge in [0.1, 0.15) is 18.2 Å². The quantitative estimate of drug-likeness (QED) is 0.767. The summed E-state index contributed by atoms with van der Waals surface area (Å²) in [7, 11) is 0. The van der Waals surface area contributed by atoms with Crippen molar-refractivity contribution >= 4 is 17.6 Å². The molecule has 2 unspecified atom stereocenters. The molecule has 2 heterocycles. The first-order chi connectivity index (χ1) is 13.2. The number of esters is 1. The van der Waals surface area contributed by atoms with Gasteiger partial charge in [-0.2, -0.15) is 18.4 Å². The van der Waals surface area contributed by atoms with Crippen molar-refractivity contribution in [2.75, 3.05) is 24.5 Å². The number of ether oxygens (including phenoxy) is 1. The second kappa shape index (κ2) is 7.67. The minimum absolute atomic E-state index is 0.0366. The predicted molar refractivity (Wildman–Crippen MR) is 92.0 cm³/mol. The smallest absolute Gasteiger partial charge is 0.452 e. The van der Waals surface area contributed by atoms with E-state index in [1.54, 1.807) is 17.0 Å². The Kier molecular flexibility index (Phi) is 5.47. The van der Waals surface area contributed by atoms with E-state index in [1.165, 1.54) is 0 Å². The average Bonchev–Trinajstić information content (AvgIpc) is 2.63. The van der Waals surface area contributed by atoms with Gasteiger partial charge in [0, 0.05) is 25.7 Å². The Bertz CT molecular complexity index is 800. The highest BCUT2D eigenvalue weighted by Gasteiger charge is 2.52. The highest BCUT2D eigenvalue weighted by molar-refractivity contribution is 5.83. The lowest BCUT2D eigenvalue weighted by molar-refractivity contribution is -0.218. The van der Waals surface area contributed by atoms with Crippen molar-refractivity contribution in [3.63, 3.8) is 0 Å². The molecular formula is C18H19F3N4O3. The minimum atomic E-state index is -5.11. The van der Waals surface area contributed by atoms with Crippen LogP contribution in [0.5, 0.6) is 0 Å². The molecule has 2 aliphatic rings. The number of alkyl halides is 3. The van der Waals surface area contributed by atoms with Gasteiger partial charge >= 0.3 is 12.1 Å². The van der Waals surface area contributed by atoms with E-state index >= 15 is 0 Å². The molecule has 0 aromatic heterocycles. The molecule has 1 aromatic carbocycles. The molecule has 10 heteroatoms. The highest BCUT2D eigenvalue weighted by atomic mass is 19.4. The van der Waals surface area contributed by atoms with Gasteiger partial charge in [0.25, 0.3) is 0 Å². The van der Waals surface area contributed by atoms with Gasteiger partial charge in [-0.3, -0.25) is 9.69 Å². The zero-order valence-corrected chi connectivity index (χ0v) is 14.9. The molecule has 1 aromatic rings. The lowest BCUT2D eigenvalue weighted by Crippen LogP contribution is -2.70. The molecule has 7 nitrogen and oxygen atoms in total. The number of nitrogens with two attached hydrogens (primary N) is 1. The Balaban J connectivity index is 1.61. The topological polar surface area (TPSA) is 99.7 Å². The predicted octanol–water partition coefficient (Wildman–Crippen LogP) is 1.17. The second-order valence-electron chi connectivity index (χ2n) is 6.83. The van der Waals surface area contributed by atoms with Crippen LogP contribution in [0.15, 0.2) is 24.3 Å². The van der Waals surface area contributed by atoms with Crippen LogP contribution in [0.1, 0.15) is 18.4 Å². The number of rotatable bonds is 4. The number of hydrogen-bond acceptors (Lipinski definition) is 6. The summed E-state index contributed by atoms with van der Waals surface area (Å²) >= 11 is 0. The molecule has 0 aliphatic carbocycles. The highest BCUT2D eigenvalue weighted by Crippen LogP contribution is 2.32. The van der Waals surface area contributed by atoms with Crippen LogP contribution in [0.2, 0.25) is 0 Å². The molecule has 0 bridgehead atoms. The first-order valence-corrected chi connectivity index (χ1v) is 8.79. The molecule has 0 spiro atoms. The van der Waals surface area contributed by atoms with Gasteiger partial charge in [0.15, 0.2) is 0 Å². The summed E-state index contributed by atoms with van der Waals surface area (Å²) in [5, 5.41) is 9.23. The standard InChI is InChI=1S/C18H19F3N4O3/c19-18(20,21)17(27)28-14-10-25(15(14)16(23)26)12-5-7-24(8-6-12)13-4-2-1-3-11(13)9-22/h1-4,12,14-15H,5-8,10H2,(H2,23,26). The minimum Gasteiger partial charge on any atom is -0.452 e. The van der Waals surface area contributed by atoms with E-state index in [1.807, 2.05) is 12.1 Å². The van der Waals surface area contributed by atoms with E-state index in [2.05, 4.69) is 15.7 Å². The largest absolute Gasteiger partial charge is 0.490 e. The Hall–Kier alpha value is -2.80. The number of benzene rings is 1. The van der Waals surface area contributed by atoms with Gasteiger partial charge < -0.3 is 15.4 Å². The zero-order chi connectivity index (χ0) is 20.5. The molecule has 2 aliphatic heterocycles. The van der Waals surface area contributed by atoms with Gasteiger partial charge in [-0.1, -0.05) is 12.1 Å². The van der Waals surface area contributed by atoms with Gasteiger partial charge in [-0.15, -0.1) is 0 Å². The number of nitriles is 1. The van der Waals surface area contributed by atoms with E-state index < -0.39 is 30.2 Å². The van der Waals surface area contributed by atoms with Crippen LogP contribution in [0, 0.1) is 11.3 Å². The van der Waals surface area contributed by atoms with Crippen LogP contribution in [0.25, 0.3) is 0 Å². The van der Waals surface area contributed by atoms with Gasteiger partial charge in [-0.05, 0) is 25.0 Å². The number of primary amides is 1. The van der Waals surface area contributed by atoms with Gasteiger partial charge in [0.05, 0.1) is 11.3 Å². The van der Waals surface area contributed by atoms with E-state index in [-0.39, 0.29) is 12.6 Å². The summed E-state index contributed by atoms with van der Waals surface area (Å²) < 4.78 is 41.6. The first-order valence-electron chi connectivity index (χ1n) is 8.79. The van der Waals surface area contributed by atoms with Crippen molar-refractivity contribution in [2.45, 2.75) is 37.2 Å². The number of hydrogen-bond donors (Lipinski definition) is 1. The van der Waals surface area contributed by atoms with E-state index in [9.17, 15) is 28.0 Å². The summed E-state index contributed by atoms with van der Waals surface area (Å²) in [5.41, 5.74) is 6.72. The Labute approximate surface area is 159 Å². The molecule has 2 N–H and O–H groups in total. The van der Waals surface area contributed by atoms with E-state index in [0.29, 0.717) is 31.5 Å². The number of likely N-dealkylation sites (tertiary alicyclic amines) is 1.